The Morgan fingerprint density at radius 1 is 1.02 bits per heavy atom. The number of tetrazole rings is 1. The lowest BCUT2D eigenvalue weighted by atomic mass is 9.98. The molecule has 0 saturated carbocycles. The summed E-state index contributed by atoms with van der Waals surface area (Å²) >= 11 is 6.48. The van der Waals surface area contributed by atoms with E-state index in [1.807, 2.05) is 53.1 Å². The molecule has 226 valence electrons. The van der Waals surface area contributed by atoms with E-state index in [0.717, 1.165) is 35.1 Å². The van der Waals surface area contributed by atoms with Gasteiger partial charge in [-0.3, -0.25) is 9.59 Å². The number of benzene rings is 2. The van der Waals surface area contributed by atoms with E-state index < -0.39 is 11.1 Å². The van der Waals surface area contributed by atoms with Gasteiger partial charge in [0.2, 0.25) is 5.82 Å². The zero-order valence-electron chi connectivity index (χ0n) is 23.7. The van der Waals surface area contributed by atoms with Crippen LogP contribution in [0.1, 0.15) is 67.3 Å². The zero-order chi connectivity index (χ0) is 30.6. The fourth-order valence-corrected chi connectivity index (χ4v) is 4.85. The number of rotatable bonds is 17. The van der Waals surface area contributed by atoms with Crippen molar-refractivity contribution >= 4 is 23.4 Å². The average Bonchev–Trinajstić information content (AvgIpc) is 3.65. The lowest BCUT2D eigenvalue weighted by molar-refractivity contribution is -0.757. The number of aryl methyl sites for hydroxylation is 1. The summed E-state index contributed by atoms with van der Waals surface area (Å²) in [4.78, 5) is 44.4. The molecular weight excluding hydrogens is 578 g/mol. The van der Waals surface area contributed by atoms with E-state index >= 15 is 0 Å². The van der Waals surface area contributed by atoms with Gasteiger partial charge in [-0.25, -0.2) is 4.98 Å². The molecule has 0 radical (unpaired) electrons. The second-order valence-corrected chi connectivity index (χ2v) is 10.1. The van der Waals surface area contributed by atoms with Crippen molar-refractivity contribution in [2.45, 2.75) is 58.4 Å². The first kappa shape index (κ1) is 31.3. The van der Waals surface area contributed by atoms with Crippen LogP contribution in [-0.4, -0.2) is 60.2 Å². The molecule has 0 spiro atoms. The number of nitrogens with one attached hydrogen (secondary N) is 1. The number of ketones is 1. The maximum Gasteiger partial charge on any atom is 0.306 e. The number of Topliss-reactive ketones (excluding diaryl/α,β-unsaturated/α-hetero) is 1. The van der Waals surface area contributed by atoms with Crippen LogP contribution in [0.2, 0.25) is 5.15 Å². The largest absolute Gasteiger partial charge is 0.466 e. The Kier molecular flexibility index (Phi) is 11.3. The summed E-state index contributed by atoms with van der Waals surface area (Å²) in [6.07, 6.45) is 3.06. The number of ether oxygens (including phenoxy) is 1. The Morgan fingerprint density at radius 2 is 1.77 bits per heavy atom. The van der Waals surface area contributed by atoms with E-state index in [4.69, 9.17) is 16.3 Å². The molecule has 0 aliphatic heterocycles. The molecule has 43 heavy (non-hydrogen) atoms. The van der Waals surface area contributed by atoms with Crippen LogP contribution < -0.4 is 0 Å². The second kappa shape index (κ2) is 15.5. The summed E-state index contributed by atoms with van der Waals surface area (Å²) in [5.41, 5.74) is 3.99. The second-order valence-electron chi connectivity index (χ2n) is 9.74. The van der Waals surface area contributed by atoms with Crippen molar-refractivity contribution in [3.63, 3.8) is 0 Å². The highest BCUT2D eigenvalue weighted by Gasteiger charge is 2.23. The molecule has 0 atom stereocenters. The van der Waals surface area contributed by atoms with E-state index in [-0.39, 0.29) is 42.7 Å². The molecule has 0 saturated heterocycles. The summed E-state index contributed by atoms with van der Waals surface area (Å²) in [5.74, 6) is 0.375. The Bertz CT molecular complexity index is 1520. The molecule has 1 N–H and O–H groups in total. The number of aromatic amines is 1. The fourth-order valence-electron chi connectivity index (χ4n) is 4.54. The number of nitrogens with zero attached hydrogens (tertiary/aromatic N) is 6. The van der Waals surface area contributed by atoms with Crippen LogP contribution in [0.3, 0.4) is 0 Å². The molecule has 4 aromatic rings. The number of H-pyrrole nitrogens is 1. The van der Waals surface area contributed by atoms with Crippen molar-refractivity contribution in [1.82, 2.24) is 30.2 Å². The van der Waals surface area contributed by atoms with Crippen LogP contribution in [-0.2, 0) is 27.3 Å². The van der Waals surface area contributed by atoms with Gasteiger partial charge in [-0.2, -0.15) is 5.21 Å². The monoisotopic (exact) mass is 609 g/mol. The van der Waals surface area contributed by atoms with E-state index in [1.165, 1.54) is 0 Å². The normalized spacial score (nSPS) is 10.9. The highest BCUT2D eigenvalue weighted by atomic mass is 35.5. The molecule has 2 aromatic heterocycles. The van der Waals surface area contributed by atoms with E-state index in [9.17, 15) is 19.7 Å². The van der Waals surface area contributed by atoms with Crippen molar-refractivity contribution in [3.8, 4) is 22.5 Å². The van der Waals surface area contributed by atoms with Gasteiger partial charge in [0.15, 0.2) is 10.9 Å². The molecule has 0 fully saturated rings. The summed E-state index contributed by atoms with van der Waals surface area (Å²) in [7, 11) is 0. The van der Waals surface area contributed by atoms with Crippen molar-refractivity contribution in [3.05, 3.63) is 80.9 Å². The number of halogens is 1. The van der Waals surface area contributed by atoms with Gasteiger partial charge in [-0.05, 0) is 41.2 Å². The van der Waals surface area contributed by atoms with Gasteiger partial charge in [-0.1, -0.05) is 73.5 Å². The van der Waals surface area contributed by atoms with Crippen molar-refractivity contribution in [2.24, 2.45) is 0 Å². The van der Waals surface area contributed by atoms with Gasteiger partial charge in [0.05, 0.1) is 19.6 Å². The average molecular weight is 610 g/mol. The highest BCUT2D eigenvalue weighted by molar-refractivity contribution is 6.32. The number of imidazole rings is 1. The van der Waals surface area contributed by atoms with Crippen LogP contribution in [0.15, 0.2) is 48.5 Å². The maximum absolute atomic E-state index is 13.3. The predicted octanol–water partition coefficient (Wildman–Crippen LogP) is 5.27. The quantitative estimate of drug-likeness (QED) is 0.0547. The summed E-state index contributed by atoms with van der Waals surface area (Å²) in [5, 5.41) is 23.8. The highest BCUT2D eigenvalue weighted by Crippen LogP contribution is 2.30. The number of aromatic nitrogens is 6. The summed E-state index contributed by atoms with van der Waals surface area (Å²) < 4.78 is 6.98. The lowest BCUT2D eigenvalue weighted by Crippen LogP contribution is -2.15. The number of unbranched alkanes of at least 4 members (excludes halogenated alkanes) is 2. The van der Waals surface area contributed by atoms with Gasteiger partial charge in [-0.15, -0.1) is 20.3 Å². The van der Waals surface area contributed by atoms with E-state index in [1.54, 1.807) is 0 Å². The van der Waals surface area contributed by atoms with Crippen molar-refractivity contribution < 1.29 is 24.3 Å². The molecule has 2 aromatic carbocycles. The third kappa shape index (κ3) is 8.67. The zero-order valence-corrected chi connectivity index (χ0v) is 24.5. The Balaban J connectivity index is 1.44. The first-order valence-corrected chi connectivity index (χ1v) is 14.4. The minimum absolute atomic E-state index is 0.0673. The van der Waals surface area contributed by atoms with Crippen molar-refractivity contribution in [1.29, 1.82) is 0 Å². The number of hydrogen-bond acceptors (Lipinski definition) is 10. The topological polar surface area (TPSA) is 168 Å². The Morgan fingerprint density at radius 3 is 2.47 bits per heavy atom. The van der Waals surface area contributed by atoms with Crippen LogP contribution in [0, 0.1) is 10.1 Å². The third-order valence-corrected chi connectivity index (χ3v) is 6.96. The molecule has 0 aliphatic rings. The van der Waals surface area contributed by atoms with E-state index in [2.05, 4.69) is 37.4 Å². The lowest BCUT2D eigenvalue weighted by Gasteiger charge is -2.13. The first-order valence-electron chi connectivity index (χ1n) is 14.0. The molecule has 13 nitrogen and oxygen atoms in total. The number of carbonyl (C=O) groups excluding carboxylic acids is 2. The number of carbonyl (C=O) groups is 2. The van der Waals surface area contributed by atoms with Gasteiger partial charge in [0.25, 0.3) is 5.09 Å². The standard InChI is InChI=1S/C29H32ClN7O6/c1-2-3-10-25-31-28(30)27(24(38)15-16-26(39)42-17-6-7-18-43-37(40)41)36(25)19-20-11-13-21(14-12-20)22-8-4-5-9-23(22)29-32-34-35-33-29/h4-5,8-9,11-14H,2-3,6-7,10,15-19H2,1H3,(H,32,33,34,35). The van der Waals surface area contributed by atoms with Crippen molar-refractivity contribution in [2.75, 3.05) is 13.2 Å². The molecule has 0 aliphatic carbocycles. The van der Waals surface area contributed by atoms with Crippen LogP contribution in [0.5, 0.6) is 0 Å². The fraction of sp³-hybridized carbons (Fsp3) is 0.379. The van der Waals surface area contributed by atoms with Crippen LogP contribution >= 0.6 is 11.6 Å². The Hall–Kier alpha value is -4.65. The van der Waals surface area contributed by atoms with Crippen LogP contribution in [0.25, 0.3) is 22.5 Å². The van der Waals surface area contributed by atoms with Gasteiger partial charge < -0.3 is 14.1 Å². The molecule has 4 rings (SSSR count). The predicted molar refractivity (Wildman–Crippen MR) is 157 cm³/mol. The summed E-state index contributed by atoms with van der Waals surface area (Å²) in [6.45, 7) is 2.47. The number of hydrogen-bond donors (Lipinski definition) is 1. The molecular formula is C29H32ClN7O6. The minimum Gasteiger partial charge on any atom is -0.466 e. The molecule has 2 heterocycles. The van der Waals surface area contributed by atoms with Gasteiger partial charge in [0, 0.05) is 24.9 Å². The minimum atomic E-state index is -0.866. The maximum atomic E-state index is 13.3. The Labute approximate surface area is 252 Å². The molecule has 0 unspecified atom stereocenters. The molecule has 0 bridgehead atoms. The van der Waals surface area contributed by atoms with Gasteiger partial charge >= 0.3 is 5.97 Å². The SMILES string of the molecule is CCCCc1nc(Cl)c(C(=O)CCC(=O)OCCCCO[N+](=O)[O-])n1Cc1ccc(-c2ccccc2-c2nn[nH]n2)cc1. The summed E-state index contributed by atoms with van der Waals surface area (Å²) in [6, 6.07) is 15.8. The molecule has 14 heteroatoms. The number of esters is 1. The smallest absolute Gasteiger partial charge is 0.306 e. The molecule has 0 amide bonds. The first-order chi connectivity index (χ1) is 20.9. The third-order valence-electron chi connectivity index (χ3n) is 6.70. The van der Waals surface area contributed by atoms with Gasteiger partial charge in [0.1, 0.15) is 11.5 Å². The van der Waals surface area contributed by atoms with E-state index in [0.29, 0.717) is 37.5 Å². The van der Waals surface area contributed by atoms with Crippen LogP contribution in [0.4, 0.5) is 0 Å².